The van der Waals surface area contributed by atoms with Gasteiger partial charge in [-0.15, -0.1) is 0 Å². The standard InChI is InChI=1S/C14H21NO2/c1-4-10(2)9-11(3)15-14(17)12-5-7-13(16)8-6-12/h5-8,10-11,16H,4,9H2,1-3H3,(H,15,17). The molecule has 2 N–H and O–H groups in total. The number of amides is 1. The van der Waals surface area contributed by atoms with E-state index in [4.69, 9.17) is 5.11 Å². The Morgan fingerprint density at radius 3 is 2.41 bits per heavy atom. The van der Waals surface area contributed by atoms with Gasteiger partial charge in [-0.3, -0.25) is 4.79 Å². The summed E-state index contributed by atoms with van der Waals surface area (Å²) in [6.45, 7) is 6.35. The van der Waals surface area contributed by atoms with Gasteiger partial charge < -0.3 is 10.4 Å². The molecular weight excluding hydrogens is 214 g/mol. The Morgan fingerprint density at radius 2 is 1.88 bits per heavy atom. The first-order chi connectivity index (χ1) is 8.02. The summed E-state index contributed by atoms with van der Waals surface area (Å²) in [6.07, 6.45) is 2.11. The molecular formula is C14H21NO2. The number of benzene rings is 1. The highest BCUT2D eigenvalue weighted by molar-refractivity contribution is 5.94. The second kappa shape index (κ2) is 6.28. The molecule has 3 heteroatoms. The van der Waals surface area contributed by atoms with Crippen molar-refractivity contribution in [1.29, 1.82) is 0 Å². The predicted molar refractivity (Wildman–Crippen MR) is 69.1 cm³/mol. The van der Waals surface area contributed by atoms with Crippen LogP contribution in [0.2, 0.25) is 0 Å². The Labute approximate surface area is 103 Å². The molecule has 3 nitrogen and oxygen atoms in total. The van der Waals surface area contributed by atoms with Crippen LogP contribution in [-0.2, 0) is 0 Å². The van der Waals surface area contributed by atoms with Gasteiger partial charge in [0.05, 0.1) is 0 Å². The zero-order valence-electron chi connectivity index (χ0n) is 10.7. The maximum absolute atomic E-state index is 11.8. The van der Waals surface area contributed by atoms with Crippen molar-refractivity contribution in [3.05, 3.63) is 29.8 Å². The molecule has 0 aliphatic rings. The quantitative estimate of drug-likeness (QED) is 0.824. The van der Waals surface area contributed by atoms with Crippen LogP contribution in [0.25, 0.3) is 0 Å². The largest absolute Gasteiger partial charge is 0.508 e. The molecule has 0 spiro atoms. The van der Waals surface area contributed by atoms with Crippen molar-refractivity contribution in [2.75, 3.05) is 0 Å². The summed E-state index contributed by atoms with van der Waals surface area (Å²) in [5, 5.41) is 12.1. The lowest BCUT2D eigenvalue weighted by atomic mass is 10.00. The van der Waals surface area contributed by atoms with E-state index < -0.39 is 0 Å². The van der Waals surface area contributed by atoms with E-state index in [2.05, 4.69) is 19.2 Å². The molecule has 1 aromatic carbocycles. The van der Waals surface area contributed by atoms with Crippen LogP contribution < -0.4 is 5.32 Å². The van der Waals surface area contributed by atoms with Crippen LogP contribution in [0, 0.1) is 5.92 Å². The van der Waals surface area contributed by atoms with E-state index in [9.17, 15) is 4.79 Å². The number of nitrogens with one attached hydrogen (secondary N) is 1. The maximum atomic E-state index is 11.8. The Hall–Kier alpha value is -1.51. The van der Waals surface area contributed by atoms with Crippen molar-refractivity contribution in [2.24, 2.45) is 5.92 Å². The third kappa shape index (κ3) is 4.47. The van der Waals surface area contributed by atoms with Crippen LogP contribution in [0.5, 0.6) is 5.75 Å². The molecule has 0 fully saturated rings. The molecule has 1 aromatic rings. The molecule has 94 valence electrons. The molecule has 0 saturated carbocycles. The third-order valence-corrected chi connectivity index (χ3v) is 2.96. The molecule has 0 heterocycles. The number of carbonyl (C=O) groups is 1. The summed E-state index contributed by atoms with van der Waals surface area (Å²) in [5.41, 5.74) is 0.582. The third-order valence-electron chi connectivity index (χ3n) is 2.96. The summed E-state index contributed by atoms with van der Waals surface area (Å²) >= 11 is 0. The fourth-order valence-electron chi connectivity index (χ4n) is 1.75. The first-order valence-corrected chi connectivity index (χ1v) is 6.12. The molecule has 2 unspecified atom stereocenters. The van der Waals surface area contributed by atoms with Crippen LogP contribution in [0.15, 0.2) is 24.3 Å². The number of carbonyl (C=O) groups excluding carboxylic acids is 1. The zero-order chi connectivity index (χ0) is 12.8. The summed E-state index contributed by atoms with van der Waals surface area (Å²) in [5.74, 6) is 0.708. The van der Waals surface area contributed by atoms with Crippen molar-refractivity contribution in [2.45, 2.75) is 39.7 Å². The van der Waals surface area contributed by atoms with Gasteiger partial charge in [-0.25, -0.2) is 0 Å². The number of aromatic hydroxyl groups is 1. The minimum absolute atomic E-state index is 0.0826. The van der Waals surface area contributed by atoms with Gasteiger partial charge in [0.1, 0.15) is 5.75 Å². The number of phenolic OH excluding ortho intramolecular Hbond substituents is 1. The molecule has 0 radical (unpaired) electrons. The SMILES string of the molecule is CCC(C)CC(C)NC(=O)c1ccc(O)cc1. The van der Waals surface area contributed by atoms with E-state index >= 15 is 0 Å². The minimum Gasteiger partial charge on any atom is -0.508 e. The Kier molecular flexibility index (Phi) is 5.01. The van der Waals surface area contributed by atoms with Gasteiger partial charge in [-0.05, 0) is 43.5 Å². The van der Waals surface area contributed by atoms with Crippen molar-refractivity contribution in [3.63, 3.8) is 0 Å². The number of phenols is 1. The predicted octanol–water partition coefficient (Wildman–Crippen LogP) is 2.95. The highest BCUT2D eigenvalue weighted by Crippen LogP contribution is 2.12. The van der Waals surface area contributed by atoms with Crippen molar-refractivity contribution in [1.82, 2.24) is 5.32 Å². The van der Waals surface area contributed by atoms with Gasteiger partial charge in [0.25, 0.3) is 5.91 Å². The summed E-state index contributed by atoms with van der Waals surface area (Å²) in [4.78, 5) is 11.8. The second-order valence-corrected chi connectivity index (χ2v) is 4.67. The fourth-order valence-corrected chi connectivity index (χ4v) is 1.75. The number of rotatable bonds is 5. The lowest BCUT2D eigenvalue weighted by Gasteiger charge is -2.17. The van der Waals surface area contributed by atoms with Gasteiger partial charge in [-0.1, -0.05) is 20.3 Å². The molecule has 2 atom stereocenters. The first kappa shape index (κ1) is 13.6. The smallest absolute Gasteiger partial charge is 0.251 e. The van der Waals surface area contributed by atoms with Crippen molar-refractivity contribution >= 4 is 5.91 Å². The van der Waals surface area contributed by atoms with Gasteiger partial charge >= 0.3 is 0 Å². The second-order valence-electron chi connectivity index (χ2n) is 4.67. The molecule has 1 amide bonds. The summed E-state index contributed by atoms with van der Waals surface area (Å²) in [6, 6.07) is 6.47. The van der Waals surface area contributed by atoms with Gasteiger partial charge in [-0.2, -0.15) is 0 Å². The van der Waals surface area contributed by atoms with E-state index in [1.807, 2.05) is 6.92 Å². The van der Waals surface area contributed by atoms with E-state index in [0.29, 0.717) is 11.5 Å². The van der Waals surface area contributed by atoms with Crippen LogP contribution in [0.3, 0.4) is 0 Å². The number of hydrogen-bond acceptors (Lipinski definition) is 2. The topological polar surface area (TPSA) is 49.3 Å². The Balaban J connectivity index is 2.51. The molecule has 1 rings (SSSR count). The van der Waals surface area contributed by atoms with E-state index in [0.717, 1.165) is 12.8 Å². The van der Waals surface area contributed by atoms with E-state index in [1.54, 1.807) is 12.1 Å². The monoisotopic (exact) mass is 235 g/mol. The fraction of sp³-hybridized carbons (Fsp3) is 0.500. The molecule has 17 heavy (non-hydrogen) atoms. The molecule has 0 saturated heterocycles. The molecule has 0 aliphatic carbocycles. The van der Waals surface area contributed by atoms with Crippen molar-refractivity contribution < 1.29 is 9.90 Å². The molecule has 0 aromatic heterocycles. The van der Waals surface area contributed by atoms with Gasteiger partial charge in [0.2, 0.25) is 0 Å². The van der Waals surface area contributed by atoms with Crippen LogP contribution in [0.4, 0.5) is 0 Å². The summed E-state index contributed by atoms with van der Waals surface area (Å²) < 4.78 is 0. The first-order valence-electron chi connectivity index (χ1n) is 6.12. The maximum Gasteiger partial charge on any atom is 0.251 e. The highest BCUT2D eigenvalue weighted by atomic mass is 16.3. The average molecular weight is 235 g/mol. The van der Waals surface area contributed by atoms with Crippen LogP contribution in [0.1, 0.15) is 44.0 Å². The zero-order valence-corrected chi connectivity index (χ0v) is 10.7. The lowest BCUT2D eigenvalue weighted by Crippen LogP contribution is -2.33. The normalized spacial score (nSPS) is 14.1. The molecule has 0 bridgehead atoms. The summed E-state index contributed by atoms with van der Waals surface area (Å²) in [7, 11) is 0. The van der Waals surface area contributed by atoms with Crippen LogP contribution >= 0.6 is 0 Å². The van der Waals surface area contributed by atoms with Crippen molar-refractivity contribution in [3.8, 4) is 5.75 Å². The highest BCUT2D eigenvalue weighted by Gasteiger charge is 2.11. The average Bonchev–Trinajstić information content (AvgIpc) is 2.29. The Morgan fingerprint density at radius 1 is 1.29 bits per heavy atom. The van der Waals surface area contributed by atoms with E-state index in [-0.39, 0.29) is 17.7 Å². The van der Waals surface area contributed by atoms with E-state index in [1.165, 1.54) is 12.1 Å². The number of hydrogen-bond donors (Lipinski definition) is 2. The molecule has 0 aliphatic heterocycles. The lowest BCUT2D eigenvalue weighted by molar-refractivity contribution is 0.0935. The van der Waals surface area contributed by atoms with Gasteiger partial charge in [0, 0.05) is 11.6 Å². The Bertz CT molecular complexity index is 359. The van der Waals surface area contributed by atoms with Crippen LogP contribution in [-0.4, -0.2) is 17.1 Å². The minimum atomic E-state index is -0.0826. The van der Waals surface area contributed by atoms with Gasteiger partial charge in [0.15, 0.2) is 0 Å².